The molecule has 4 rings (SSSR count). The van der Waals surface area contributed by atoms with Crippen molar-refractivity contribution in [2.75, 3.05) is 6.61 Å². The molecule has 0 aliphatic heterocycles. The van der Waals surface area contributed by atoms with Crippen molar-refractivity contribution in [1.29, 1.82) is 0 Å². The Kier molecular flexibility index (Phi) is 4.88. The molecule has 0 aromatic carbocycles. The molecule has 5 nitrogen and oxygen atoms in total. The Hall–Kier alpha value is -1.82. The molecule has 0 aromatic heterocycles. The molecule has 0 heterocycles. The number of ether oxygens (including phenoxy) is 1. The molecule has 8 atom stereocenters. The maximum Gasteiger partial charge on any atom is 0.303 e. The zero-order valence-corrected chi connectivity index (χ0v) is 18.1. The summed E-state index contributed by atoms with van der Waals surface area (Å²) < 4.78 is 21.9. The summed E-state index contributed by atoms with van der Waals surface area (Å²) >= 11 is 0. The zero-order valence-electron chi connectivity index (χ0n) is 18.1. The number of halogens is 1. The smallest absolute Gasteiger partial charge is 0.303 e. The highest BCUT2D eigenvalue weighted by Gasteiger charge is 2.71. The van der Waals surface area contributed by atoms with Crippen molar-refractivity contribution in [3.63, 3.8) is 0 Å². The molecule has 1 N–H and O–H groups in total. The minimum Gasteiger partial charge on any atom is -0.458 e. The summed E-state index contributed by atoms with van der Waals surface area (Å²) in [5.41, 5.74) is -2.70. The number of esters is 1. The summed E-state index contributed by atoms with van der Waals surface area (Å²) in [6.07, 6.45) is 5.38. The van der Waals surface area contributed by atoms with Crippen LogP contribution in [0.4, 0.5) is 4.39 Å². The number of aliphatic hydroxyl groups is 1. The fraction of sp³-hybridized carbons (Fsp3) is 0.708. The molecule has 0 spiro atoms. The predicted molar refractivity (Wildman–Crippen MR) is 108 cm³/mol. The maximum absolute atomic E-state index is 17.0. The molecule has 0 aromatic rings. The summed E-state index contributed by atoms with van der Waals surface area (Å²) in [5.74, 6) is -1.60. The molecule has 3 saturated carbocycles. The molecular formula is C24H31FO5. The molecule has 164 valence electrons. The maximum atomic E-state index is 17.0. The Morgan fingerprint density at radius 3 is 2.67 bits per heavy atom. The van der Waals surface area contributed by atoms with Crippen LogP contribution in [-0.4, -0.2) is 41.0 Å². The number of allylic oxidation sites excluding steroid dienone is 4. The Morgan fingerprint density at radius 1 is 1.30 bits per heavy atom. The summed E-state index contributed by atoms with van der Waals surface area (Å²) in [7, 11) is 0. The molecule has 0 radical (unpaired) electrons. The molecule has 0 saturated heterocycles. The fourth-order valence-electron chi connectivity index (χ4n) is 7.53. The number of carbonyl (C=O) groups is 3. The van der Waals surface area contributed by atoms with Crippen LogP contribution in [-0.2, 0) is 19.1 Å². The molecule has 3 fully saturated rings. The van der Waals surface area contributed by atoms with Crippen LogP contribution >= 0.6 is 0 Å². The third-order valence-electron chi connectivity index (χ3n) is 8.75. The number of aliphatic hydroxyl groups excluding tert-OH is 1. The van der Waals surface area contributed by atoms with Gasteiger partial charge in [0.25, 0.3) is 0 Å². The summed E-state index contributed by atoms with van der Waals surface area (Å²) in [4.78, 5) is 36.1. The first kappa shape index (κ1) is 21.4. The van der Waals surface area contributed by atoms with E-state index in [2.05, 4.69) is 0 Å². The van der Waals surface area contributed by atoms with Crippen LogP contribution < -0.4 is 0 Å². The largest absolute Gasteiger partial charge is 0.458 e. The lowest BCUT2D eigenvalue weighted by Gasteiger charge is -2.61. The lowest BCUT2D eigenvalue weighted by Crippen LogP contribution is -2.66. The minimum atomic E-state index is -1.88. The molecule has 0 amide bonds. The summed E-state index contributed by atoms with van der Waals surface area (Å²) in [6.45, 7) is 6.79. The van der Waals surface area contributed by atoms with Crippen LogP contribution in [0.5, 0.6) is 0 Å². The predicted octanol–water partition coefficient (Wildman–Crippen LogP) is 3.35. The van der Waals surface area contributed by atoms with E-state index in [0.29, 0.717) is 19.3 Å². The van der Waals surface area contributed by atoms with Crippen LogP contribution in [0.25, 0.3) is 0 Å². The van der Waals surface area contributed by atoms with Crippen LogP contribution in [0.3, 0.4) is 0 Å². The minimum absolute atomic E-state index is 0.0193. The quantitative estimate of drug-likeness (QED) is 0.711. The number of Topliss-reactive ketones (excluding diaryl/α,β-unsaturated/α-hetero) is 1. The number of rotatable bonds is 3. The first-order valence-electron chi connectivity index (χ1n) is 10.9. The van der Waals surface area contributed by atoms with Gasteiger partial charge >= 0.3 is 5.97 Å². The van der Waals surface area contributed by atoms with Gasteiger partial charge in [0.05, 0.1) is 6.10 Å². The molecule has 0 bridgehead atoms. The first-order valence-corrected chi connectivity index (χ1v) is 10.9. The highest BCUT2D eigenvalue weighted by Crippen LogP contribution is 2.69. The van der Waals surface area contributed by atoms with Gasteiger partial charge in [0.2, 0.25) is 0 Å². The number of carbonyl (C=O) groups excluding carboxylic acids is 3. The van der Waals surface area contributed by atoms with E-state index in [1.54, 1.807) is 13.0 Å². The van der Waals surface area contributed by atoms with E-state index in [1.165, 1.54) is 19.1 Å². The second kappa shape index (κ2) is 6.84. The third kappa shape index (κ3) is 2.72. The van der Waals surface area contributed by atoms with E-state index in [0.717, 1.165) is 5.57 Å². The SMILES string of the molecule is CC(=O)OCC(=O)C1C(C)C[C@H]2[C@@H]3CCC4=CC(=O)C=C[C@]4(C)[C@@]3(F)C(O)C[C@]12C. The van der Waals surface area contributed by atoms with E-state index in [-0.39, 0.29) is 42.3 Å². The van der Waals surface area contributed by atoms with Gasteiger partial charge < -0.3 is 9.84 Å². The fourth-order valence-corrected chi connectivity index (χ4v) is 7.53. The van der Waals surface area contributed by atoms with Gasteiger partial charge in [-0.05, 0) is 62.0 Å². The van der Waals surface area contributed by atoms with Crippen molar-refractivity contribution in [2.24, 2.45) is 34.5 Å². The van der Waals surface area contributed by atoms with Crippen LogP contribution in [0, 0.1) is 34.5 Å². The summed E-state index contributed by atoms with van der Waals surface area (Å²) in [6, 6.07) is 0. The van der Waals surface area contributed by atoms with Gasteiger partial charge in [0.1, 0.15) is 6.61 Å². The number of alkyl halides is 1. The number of hydrogen-bond acceptors (Lipinski definition) is 5. The highest BCUT2D eigenvalue weighted by atomic mass is 19.1. The van der Waals surface area contributed by atoms with E-state index in [1.807, 2.05) is 13.8 Å². The topological polar surface area (TPSA) is 80.7 Å². The second-order valence-corrected chi connectivity index (χ2v) is 10.3. The van der Waals surface area contributed by atoms with Crippen molar-refractivity contribution in [3.8, 4) is 0 Å². The van der Waals surface area contributed by atoms with Crippen LogP contribution in [0.1, 0.15) is 53.4 Å². The Balaban J connectivity index is 1.71. The van der Waals surface area contributed by atoms with Gasteiger partial charge in [-0.2, -0.15) is 0 Å². The van der Waals surface area contributed by atoms with Gasteiger partial charge in [0, 0.05) is 24.2 Å². The standard InChI is InChI=1S/C24H31FO5/c1-13-9-18-17-6-5-15-10-16(27)7-8-23(15,4)24(17,25)20(29)11-22(18,3)21(13)19(28)12-30-14(2)26/h7-8,10,13,17-18,20-21,29H,5-6,9,11-12H2,1-4H3/t13?,17-,18-,20?,21?,22-,23-,24-/m0/s1. The van der Waals surface area contributed by atoms with Crippen molar-refractivity contribution in [3.05, 3.63) is 23.8 Å². The lowest BCUT2D eigenvalue weighted by atomic mass is 9.45. The zero-order chi connectivity index (χ0) is 22.1. The van der Waals surface area contributed by atoms with Crippen LogP contribution in [0.15, 0.2) is 23.8 Å². The second-order valence-electron chi connectivity index (χ2n) is 10.3. The average Bonchev–Trinajstić information content (AvgIpc) is 2.91. The van der Waals surface area contributed by atoms with E-state index >= 15 is 4.39 Å². The normalized spacial score (nSPS) is 47.1. The lowest BCUT2D eigenvalue weighted by molar-refractivity contribution is -0.196. The Labute approximate surface area is 176 Å². The van der Waals surface area contributed by atoms with Crippen molar-refractivity contribution in [1.82, 2.24) is 0 Å². The monoisotopic (exact) mass is 418 g/mol. The van der Waals surface area contributed by atoms with Gasteiger partial charge in [-0.3, -0.25) is 14.4 Å². The third-order valence-corrected chi connectivity index (χ3v) is 8.75. The highest BCUT2D eigenvalue weighted by molar-refractivity contribution is 6.01. The van der Waals surface area contributed by atoms with Crippen molar-refractivity contribution >= 4 is 17.5 Å². The number of ketones is 2. The average molecular weight is 419 g/mol. The Morgan fingerprint density at radius 2 is 2.00 bits per heavy atom. The van der Waals surface area contributed by atoms with Crippen molar-refractivity contribution in [2.45, 2.75) is 65.2 Å². The molecule has 4 aliphatic rings. The Bertz CT molecular complexity index is 862. The van der Waals surface area contributed by atoms with Gasteiger partial charge in [-0.1, -0.05) is 25.5 Å². The molecule has 4 aliphatic carbocycles. The molecular weight excluding hydrogens is 387 g/mol. The molecule has 6 heteroatoms. The molecule has 30 heavy (non-hydrogen) atoms. The van der Waals surface area contributed by atoms with E-state index in [9.17, 15) is 19.5 Å². The number of hydrogen-bond donors (Lipinski definition) is 1. The van der Waals surface area contributed by atoms with E-state index in [4.69, 9.17) is 4.74 Å². The van der Waals surface area contributed by atoms with Crippen LogP contribution in [0.2, 0.25) is 0 Å². The van der Waals surface area contributed by atoms with Gasteiger partial charge in [-0.15, -0.1) is 0 Å². The van der Waals surface area contributed by atoms with Gasteiger partial charge in [-0.25, -0.2) is 4.39 Å². The number of fused-ring (bicyclic) bond motifs is 5. The summed E-state index contributed by atoms with van der Waals surface area (Å²) in [5, 5.41) is 11.2. The van der Waals surface area contributed by atoms with Gasteiger partial charge in [0.15, 0.2) is 17.2 Å². The van der Waals surface area contributed by atoms with Crippen molar-refractivity contribution < 1.29 is 28.6 Å². The van der Waals surface area contributed by atoms with E-state index < -0.39 is 34.5 Å². The first-order chi connectivity index (χ1) is 13.9. The molecule has 3 unspecified atom stereocenters.